The summed E-state index contributed by atoms with van der Waals surface area (Å²) in [6.07, 6.45) is 5.38. The van der Waals surface area contributed by atoms with Crippen molar-refractivity contribution in [2.45, 2.75) is 51.7 Å². The van der Waals surface area contributed by atoms with Crippen LogP contribution in [0.5, 0.6) is 0 Å². The molecule has 0 aromatic carbocycles. The number of rotatable bonds is 6. The highest BCUT2D eigenvalue weighted by Crippen LogP contribution is 2.27. The molecule has 0 bridgehead atoms. The zero-order chi connectivity index (χ0) is 12.1. The Labute approximate surface area is 108 Å². The lowest BCUT2D eigenvalue weighted by molar-refractivity contribution is 0.0996. The molecule has 2 atom stereocenters. The van der Waals surface area contributed by atoms with E-state index >= 15 is 0 Å². The zero-order valence-electron chi connectivity index (χ0n) is 10.9. The Hall–Kier alpha value is -0.380. The van der Waals surface area contributed by atoms with Crippen molar-refractivity contribution in [2.75, 3.05) is 13.2 Å². The Morgan fingerprint density at radius 3 is 3.00 bits per heavy atom. The van der Waals surface area contributed by atoms with Gasteiger partial charge in [-0.05, 0) is 61.0 Å². The molecule has 2 unspecified atom stereocenters. The zero-order valence-corrected chi connectivity index (χ0v) is 11.7. The number of aryl methyl sites for hydroxylation is 1. The van der Waals surface area contributed by atoms with Gasteiger partial charge in [0.1, 0.15) is 0 Å². The van der Waals surface area contributed by atoms with Crippen LogP contribution in [0.15, 0.2) is 10.8 Å². The fraction of sp³-hybridized carbons (Fsp3) is 0.714. The van der Waals surface area contributed by atoms with Gasteiger partial charge < -0.3 is 10.1 Å². The minimum atomic E-state index is 0.509. The van der Waals surface area contributed by atoms with E-state index in [1.807, 2.05) is 11.3 Å². The lowest BCUT2D eigenvalue weighted by atomic mass is 9.99. The quantitative estimate of drug-likeness (QED) is 0.835. The average Bonchev–Trinajstić information content (AvgIpc) is 2.95. The predicted octanol–water partition coefficient (Wildman–Crippen LogP) is 3.67. The fourth-order valence-electron chi connectivity index (χ4n) is 2.57. The van der Waals surface area contributed by atoms with E-state index in [-0.39, 0.29) is 0 Å². The second-order valence-corrected chi connectivity index (χ2v) is 5.58. The molecule has 1 aliphatic rings. The highest BCUT2D eigenvalue weighted by atomic mass is 32.1. The Bertz CT molecular complexity index is 331. The van der Waals surface area contributed by atoms with Crippen LogP contribution in [0.1, 0.15) is 49.8 Å². The standard InChI is InChI=1S/C14H23NOS/c1-3-15-14(13-10-17-9-11(13)2)7-6-12-5-4-8-16-12/h9-10,12,14-15H,3-8H2,1-2H3. The van der Waals surface area contributed by atoms with Crippen LogP contribution in [-0.4, -0.2) is 19.3 Å². The lowest BCUT2D eigenvalue weighted by Gasteiger charge is -2.20. The Morgan fingerprint density at radius 1 is 1.53 bits per heavy atom. The summed E-state index contributed by atoms with van der Waals surface area (Å²) < 4.78 is 5.70. The molecule has 1 aromatic rings. The maximum atomic E-state index is 5.70. The van der Waals surface area contributed by atoms with Crippen molar-refractivity contribution in [3.05, 3.63) is 21.9 Å². The molecule has 3 heteroatoms. The molecular weight excluding hydrogens is 230 g/mol. The van der Waals surface area contributed by atoms with Crippen LogP contribution in [-0.2, 0) is 4.74 Å². The molecule has 0 aliphatic carbocycles. The van der Waals surface area contributed by atoms with Crippen molar-refractivity contribution in [3.8, 4) is 0 Å². The Kier molecular flexibility index (Phi) is 5.01. The topological polar surface area (TPSA) is 21.3 Å². The molecule has 1 aliphatic heterocycles. The third kappa shape index (κ3) is 3.54. The first kappa shape index (κ1) is 13.1. The molecular formula is C14H23NOS. The van der Waals surface area contributed by atoms with E-state index in [2.05, 4.69) is 29.9 Å². The summed E-state index contributed by atoms with van der Waals surface area (Å²) in [5, 5.41) is 8.13. The largest absolute Gasteiger partial charge is 0.378 e. The lowest BCUT2D eigenvalue weighted by Crippen LogP contribution is -2.22. The first-order valence-corrected chi connectivity index (χ1v) is 7.63. The monoisotopic (exact) mass is 253 g/mol. The fourth-order valence-corrected chi connectivity index (χ4v) is 3.47. The van der Waals surface area contributed by atoms with Crippen molar-refractivity contribution in [1.29, 1.82) is 0 Å². The summed E-state index contributed by atoms with van der Waals surface area (Å²) >= 11 is 1.81. The van der Waals surface area contributed by atoms with Gasteiger partial charge in [0.15, 0.2) is 0 Å². The number of hydrogen-bond donors (Lipinski definition) is 1. The Morgan fingerprint density at radius 2 is 2.41 bits per heavy atom. The SMILES string of the molecule is CCNC(CCC1CCCO1)c1cscc1C. The summed E-state index contributed by atoms with van der Waals surface area (Å²) in [5.41, 5.74) is 2.91. The minimum absolute atomic E-state index is 0.509. The average molecular weight is 253 g/mol. The summed E-state index contributed by atoms with van der Waals surface area (Å²) in [4.78, 5) is 0. The molecule has 1 aromatic heterocycles. The van der Waals surface area contributed by atoms with Crippen LogP contribution in [0, 0.1) is 6.92 Å². The summed E-state index contributed by atoms with van der Waals surface area (Å²) in [6, 6.07) is 0.510. The van der Waals surface area contributed by atoms with Crippen LogP contribution in [0.3, 0.4) is 0 Å². The van der Waals surface area contributed by atoms with Crippen LogP contribution in [0.2, 0.25) is 0 Å². The normalized spacial score (nSPS) is 21.9. The molecule has 2 nitrogen and oxygen atoms in total. The van der Waals surface area contributed by atoms with E-state index in [1.165, 1.54) is 36.8 Å². The number of ether oxygens (including phenoxy) is 1. The van der Waals surface area contributed by atoms with Crippen LogP contribution in [0.25, 0.3) is 0 Å². The van der Waals surface area contributed by atoms with Gasteiger partial charge in [0.05, 0.1) is 6.10 Å². The number of hydrogen-bond acceptors (Lipinski definition) is 3. The van der Waals surface area contributed by atoms with Gasteiger partial charge in [-0.25, -0.2) is 0 Å². The van der Waals surface area contributed by atoms with Gasteiger partial charge in [-0.3, -0.25) is 0 Å². The highest BCUT2D eigenvalue weighted by Gasteiger charge is 2.19. The van der Waals surface area contributed by atoms with Gasteiger partial charge in [0.2, 0.25) is 0 Å². The van der Waals surface area contributed by atoms with Gasteiger partial charge in [0, 0.05) is 12.6 Å². The van der Waals surface area contributed by atoms with Gasteiger partial charge in [-0.1, -0.05) is 6.92 Å². The van der Waals surface area contributed by atoms with Crippen LogP contribution >= 0.6 is 11.3 Å². The molecule has 96 valence electrons. The molecule has 17 heavy (non-hydrogen) atoms. The highest BCUT2D eigenvalue weighted by molar-refractivity contribution is 7.08. The van der Waals surface area contributed by atoms with E-state index in [0.29, 0.717) is 12.1 Å². The molecule has 2 rings (SSSR count). The molecule has 0 spiro atoms. The summed E-state index contributed by atoms with van der Waals surface area (Å²) in [5.74, 6) is 0. The van der Waals surface area contributed by atoms with Gasteiger partial charge >= 0.3 is 0 Å². The summed E-state index contributed by atoms with van der Waals surface area (Å²) in [6.45, 7) is 6.39. The first-order chi connectivity index (χ1) is 8.31. The van der Waals surface area contributed by atoms with E-state index in [0.717, 1.165) is 13.2 Å². The van der Waals surface area contributed by atoms with Gasteiger partial charge in [-0.2, -0.15) is 11.3 Å². The van der Waals surface area contributed by atoms with Crippen molar-refractivity contribution in [1.82, 2.24) is 5.32 Å². The third-order valence-electron chi connectivity index (χ3n) is 3.52. The van der Waals surface area contributed by atoms with Crippen LogP contribution < -0.4 is 5.32 Å². The molecule has 1 saturated heterocycles. The van der Waals surface area contributed by atoms with Crippen molar-refractivity contribution < 1.29 is 4.74 Å². The second kappa shape index (κ2) is 6.53. The number of nitrogens with one attached hydrogen (secondary N) is 1. The minimum Gasteiger partial charge on any atom is -0.378 e. The summed E-state index contributed by atoms with van der Waals surface area (Å²) in [7, 11) is 0. The van der Waals surface area contributed by atoms with Crippen LogP contribution in [0.4, 0.5) is 0 Å². The van der Waals surface area contributed by atoms with Crippen molar-refractivity contribution in [2.24, 2.45) is 0 Å². The van der Waals surface area contributed by atoms with Gasteiger partial charge in [-0.15, -0.1) is 0 Å². The van der Waals surface area contributed by atoms with Crippen molar-refractivity contribution >= 4 is 11.3 Å². The third-order valence-corrected chi connectivity index (χ3v) is 4.40. The van der Waals surface area contributed by atoms with E-state index in [9.17, 15) is 0 Å². The van der Waals surface area contributed by atoms with E-state index in [4.69, 9.17) is 4.74 Å². The maximum Gasteiger partial charge on any atom is 0.0576 e. The molecule has 0 radical (unpaired) electrons. The number of thiophene rings is 1. The molecule has 1 fully saturated rings. The molecule has 0 saturated carbocycles. The van der Waals surface area contributed by atoms with Crippen molar-refractivity contribution in [3.63, 3.8) is 0 Å². The van der Waals surface area contributed by atoms with Gasteiger partial charge in [0.25, 0.3) is 0 Å². The predicted molar refractivity (Wildman–Crippen MR) is 73.7 cm³/mol. The first-order valence-electron chi connectivity index (χ1n) is 6.69. The maximum absolute atomic E-state index is 5.70. The smallest absolute Gasteiger partial charge is 0.0576 e. The molecule has 2 heterocycles. The Balaban J connectivity index is 1.90. The second-order valence-electron chi connectivity index (χ2n) is 4.83. The molecule has 1 N–H and O–H groups in total. The van der Waals surface area contributed by atoms with E-state index < -0.39 is 0 Å². The van der Waals surface area contributed by atoms with E-state index in [1.54, 1.807) is 0 Å². The molecule has 0 amide bonds.